The molecule has 0 fully saturated rings. The molecule has 0 heterocycles. The van der Waals surface area contributed by atoms with Crippen molar-refractivity contribution in [1.29, 1.82) is 0 Å². The number of hydrogen-bond donors (Lipinski definition) is 1. The number of amides is 1. The molecule has 1 N–H and O–H groups in total. The van der Waals surface area contributed by atoms with Crippen molar-refractivity contribution in [2.45, 2.75) is 13.3 Å². The largest absolute Gasteiger partial charge is 0.427 e. The van der Waals surface area contributed by atoms with Crippen LogP contribution in [-0.4, -0.2) is 20.3 Å². The molecular formula is C10H10ClNO5S. The molecule has 1 aromatic carbocycles. The van der Waals surface area contributed by atoms with E-state index in [0.29, 0.717) is 12.0 Å². The van der Waals surface area contributed by atoms with E-state index in [1.165, 1.54) is 29.0 Å². The van der Waals surface area contributed by atoms with Crippen LogP contribution in [0, 0.1) is 0 Å². The van der Waals surface area contributed by atoms with Gasteiger partial charge in [-0.2, -0.15) is 8.42 Å². The molecule has 0 aliphatic heterocycles. The van der Waals surface area contributed by atoms with Crippen molar-refractivity contribution in [2.75, 3.05) is 0 Å². The Bertz CT molecular complexity index is 552. The van der Waals surface area contributed by atoms with E-state index in [9.17, 15) is 18.0 Å². The molecule has 0 unspecified atom stereocenters. The Kier molecular flexibility index (Phi) is 4.69. The van der Waals surface area contributed by atoms with E-state index in [0.717, 1.165) is 0 Å². The Hall–Kier alpha value is -1.60. The van der Waals surface area contributed by atoms with E-state index in [1.807, 2.05) is 0 Å². The molecule has 0 radical (unpaired) electrons. The lowest BCUT2D eigenvalue weighted by Crippen LogP contribution is -2.29. The van der Waals surface area contributed by atoms with E-state index in [1.54, 1.807) is 6.92 Å². The summed E-state index contributed by atoms with van der Waals surface area (Å²) in [4.78, 5) is 22.4. The third-order valence-corrected chi connectivity index (χ3v) is 2.56. The Morgan fingerprint density at radius 3 is 2.28 bits per heavy atom. The number of Topliss-reactive ketones (excluding diaryl/α,β-unsaturated/α-hetero) is 1. The number of nitrogens with one attached hydrogen (secondary N) is 1. The summed E-state index contributed by atoms with van der Waals surface area (Å²) < 4.78 is 27.1. The van der Waals surface area contributed by atoms with Gasteiger partial charge >= 0.3 is 15.3 Å². The lowest BCUT2D eigenvalue weighted by Gasteiger charge is -2.04. The van der Waals surface area contributed by atoms with Gasteiger partial charge in [-0.1, -0.05) is 6.92 Å². The van der Waals surface area contributed by atoms with Gasteiger partial charge in [-0.05, 0) is 24.3 Å². The van der Waals surface area contributed by atoms with Crippen LogP contribution >= 0.6 is 10.7 Å². The van der Waals surface area contributed by atoms with Crippen LogP contribution in [0.2, 0.25) is 0 Å². The molecule has 18 heavy (non-hydrogen) atoms. The Morgan fingerprint density at radius 1 is 1.28 bits per heavy atom. The van der Waals surface area contributed by atoms with Crippen molar-refractivity contribution in [1.82, 2.24) is 4.72 Å². The summed E-state index contributed by atoms with van der Waals surface area (Å²) in [5, 5.41) is 0. The molecular weight excluding hydrogens is 282 g/mol. The molecule has 0 bridgehead atoms. The van der Waals surface area contributed by atoms with Gasteiger partial charge in [-0.3, -0.25) is 4.79 Å². The van der Waals surface area contributed by atoms with Crippen molar-refractivity contribution >= 4 is 31.8 Å². The van der Waals surface area contributed by atoms with Crippen LogP contribution in [0.3, 0.4) is 0 Å². The number of halogens is 1. The number of ketones is 1. The van der Waals surface area contributed by atoms with Crippen molar-refractivity contribution in [2.24, 2.45) is 0 Å². The summed E-state index contributed by atoms with van der Waals surface area (Å²) in [5.74, 6) is 0.0507. The first-order valence-corrected chi connectivity index (χ1v) is 7.20. The van der Waals surface area contributed by atoms with Gasteiger partial charge in [0.05, 0.1) is 0 Å². The van der Waals surface area contributed by atoms with E-state index in [4.69, 9.17) is 10.7 Å². The maximum Gasteiger partial charge on any atom is 0.427 e. The summed E-state index contributed by atoms with van der Waals surface area (Å²) in [5.41, 5.74) is 0.482. The van der Waals surface area contributed by atoms with Gasteiger partial charge in [0.25, 0.3) is 0 Å². The molecule has 0 aromatic heterocycles. The van der Waals surface area contributed by atoms with Gasteiger partial charge in [0.2, 0.25) is 0 Å². The molecule has 6 nitrogen and oxygen atoms in total. The van der Waals surface area contributed by atoms with Crippen LogP contribution in [0.5, 0.6) is 5.75 Å². The summed E-state index contributed by atoms with van der Waals surface area (Å²) in [7, 11) is 0.620. The molecule has 98 valence electrons. The monoisotopic (exact) mass is 291 g/mol. The van der Waals surface area contributed by atoms with E-state index >= 15 is 0 Å². The normalized spacial score (nSPS) is 10.8. The first-order valence-electron chi connectivity index (χ1n) is 4.89. The highest BCUT2D eigenvalue weighted by molar-refractivity contribution is 8.12. The van der Waals surface area contributed by atoms with Crippen molar-refractivity contribution in [3.8, 4) is 5.75 Å². The van der Waals surface area contributed by atoms with Crippen molar-refractivity contribution < 1.29 is 22.7 Å². The topological polar surface area (TPSA) is 89.5 Å². The Morgan fingerprint density at radius 2 is 1.83 bits per heavy atom. The van der Waals surface area contributed by atoms with E-state index < -0.39 is 15.3 Å². The molecule has 8 heteroatoms. The molecule has 1 aromatic rings. The van der Waals surface area contributed by atoms with Crippen molar-refractivity contribution in [3.63, 3.8) is 0 Å². The molecule has 1 rings (SSSR count). The Labute approximate surface area is 108 Å². The fourth-order valence-electron chi connectivity index (χ4n) is 1.14. The molecule has 0 saturated carbocycles. The van der Waals surface area contributed by atoms with Gasteiger partial charge in [0.15, 0.2) is 5.78 Å². The predicted molar refractivity (Wildman–Crippen MR) is 65.0 cm³/mol. The summed E-state index contributed by atoms with van der Waals surface area (Å²) in [6, 6.07) is 5.71. The van der Waals surface area contributed by atoms with Crippen LogP contribution in [0.15, 0.2) is 24.3 Å². The summed E-state index contributed by atoms with van der Waals surface area (Å²) in [6.07, 6.45) is -0.856. The highest BCUT2D eigenvalue weighted by Crippen LogP contribution is 2.13. The second-order valence-corrected chi connectivity index (χ2v) is 5.53. The minimum atomic E-state index is -4.18. The standard InChI is InChI=1S/C10H10ClNO5S/c1-2-9(13)7-3-5-8(6-4-7)17-10(14)12-18(11,15)16/h3-6H,2H2,1H3,(H,12,14). The van der Waals surface area contributed by atoms with Gasteiger partial charge in [0, 0.05) is 22.7 Å². The molecule has 0 aliphatic rings. The van der Waals surface area contributed by atoms with Crippen LogP contribution < -0.4 is 9.46 Å². The second-order valence-electron chi connectivity index (χ2n) is 3.23. The maximum absolute atomic E-state index is 11.3. The van der Waals surface area contributed by atoms with Gasteiger partial charge in [0.1, 0.15) is 5.75 Å². The van der Waals surface area contributed by atoms with E-state index in [-0.39, 0.29) is 11.5 Å². The minimum absolute atomic E-state index is 0.0469. The fourth-order valence-corrected chi connectivity index (χ4v) is 1.57. The minimum Gasteiger partial charge on any atom is -0.410 e. The van der Waals surface area contributed by atoms with E-state index in [2.05, 4.69) is 4.74 Å². The number of ether oxygens (including phenoxy) is 1. The molecule has 1 amide bonds. The highest BCUT2D eigenvalue weighted by atomic mass is 35.7. The molecule has 0 aliphatic carbocycles. The summed E-state index contributed by atoms with van der Waals surface area (Å²) in [6.45, 7) is 1.73. The number of benzene rings is 1. The number of hydrogen-bond acceptors (Lipinski definition) is 5. The zero-order valence-electron chi connectivity index (χ0n) is 9.34. The van der Waals surface area contributed by atoms with Gasteiger partial charge in [-0.15, -0.1) is 0 Å². The molecule has 0 spiro atoms. The number of carbonyl (C=O) groups excluding carboxylic acids is 2. The van der Waals surface area contributed by atoms with Crippen LogP contribution in [0.25, 0.3) is 0 Å². The fraction of sp³-hybridized carbons (Fsp3) is 0.200. The molecule has 0 saturated heterocycles. The first kappa shape index (κ1) is 14.5. The smallest absolute Gasteiger partial charge is 0.410 e. The highest BCUT2D eigenvalue weighted by Gasteiger charge is 2.12. The predicted octanol–water partition coefficient (Wildman–Crippen LogP) is 1.85. The third kappa shape index (κ3) is 4.72. The average molecular weight is 292 g/mol. The Balaban J connectivity index is 2.70. The molecule has 0 atom stereocenters. The van der Waals surface area contributed by atoms with Crippen molar-refractivity contribution in [3.05, 3.63) is 29.8 Å². The zero-order valence-corrected chi connectivity index (χ0v) is 10.9. The quantitative estimate of drug-likeness (QED) is 0.675. The SMILES string of the molecule is CCC(=O)c1ccc(OC(=O)NS(=O)(=O)Cl)cc1. The number of carbonyl (C=O) groups is 2. The summed E-state index contributed by atoms with van der Waals surface area (Å²) >= 11 is 0. The zero-order chi connectivity index (χ0) is 13.8. The number of rotatable bonds is 4. The van der Waals surface area contributed by atoms with Gasteiger partial charge < -0.3 is 4.74 Å². The third-order valence-electron chi connectivity index (χ3n) is 1.91. The first-order chi connectivity index (χ1) is 8.31. The van der Waals surface area contributed by atoms with Crippen LogP contribution in [0.4, 0.5) is 4.79 Å². The maximum atomic E-state index is 11.3. The second kappa shape index (κ2) is 5.83. The lowest BCUT2D eigenvalue weighted by atomic mass is 10.1. The average Bonchev–Trinajstić information content (AvgIpc) is 2.26. The van der Waals surface area contributed by atoms with Crippen LogP contribution in [0.1, 0.15) is 23.7 Å². The van der Waals surface area contributed by atoms with Crippen LogP contribution in [-0.2, 0) is 9.24 Å². The lowest BCUT2D eigenvalue weighted by molar-refractivity contribution is 0.0988. The van der Waals surface area contributed by atoms with Gasteiger partial charge in [-0.25, -0.2) is 9.52 Å².